The van der Waals surface area contributed by atoms with E-state index in [9.17, 15) is 9.59 Å². The molecule has 2 aliphatic rings. The number of pyridine rings is 1. The molecule has 3 aromatic rings. The van der Waals surface area contributed by atoms with E-state index in [0.29, 0.717) is 30.1 Å². The Morgan fingerprint density at radius 1 is 1.07 bits per heavy atom. The highest BCUT2D eigenvalue weighted by atomic mass is 16.2. The van der Waals surface area contributed by atoms with Crippen molar-refractivity contribution in [3.8, 4) is 0 Å². The van der Waals surface area contributed by atoms with Gasteiger partial charge in [0, 0.05) is 30.0 Å². The van der Waals surface area contributed by atoms with Crippen LogP contribution in [0.2, 0.25) is 0 Å². The molecule has 2 heterocycles. The van der Waals surface area contributed by atoms with Crippen LogP contribution >= 0.6 is 0 Å². The summed E-state index contributed by atoms with van der Waals surface area (Å²) >= 11 is 0. The first-order valence-corrected chi connectivity index (χ1v) is 9.81. The van der Waals surface area contributed by atoms with Crippen molar-refractivity contribution in [1.29, 1.82) is 0 Å². The van der Waals surface area contributed by atoms with Crippen molar-refractivity contribution in [3.63, 3.8) is 0 Å². The molecule has 5 nitrogen and oxygen atoms in total. The Labute approximate surface area is 163 Å². The fraction of sp³-hybridized carbons (Fsp3) is 0.261. The van der Waals surface area contributed by atoms with Crippen LogP contribution in [0.4, 0.5) is 11.4 Å². The second kappa shape index (κ2) is 6.75. The van der Waals surface area contributed by atoms with Gasteiger partial charge in [0.2, 0.25) is 5.91 Å². The molecule has 0 radical (unpaired) electrons. The quantitative estimate of drug-likeness (QED) is 0.735. The molecule has 1 aliphatic carbocycles. The second-order valence-corrected chi connectivity index (χ2v) is 7.51. The first kappa shape index (κ1) is 16.9. The average molecular weight is 371 g/mol. The van der Waals surface area contributed by atoms with Crippen molar-refractivity contribution in [3.05, 3.63) is 65.9 Å². The molecule has 1 saturated carbocycles. The molecule has 0 atom stereocenters. The number of amides is 2. The molecule has 140 valence electrons. The standard InChI is InChI=1S/C23H21N3O2/c27-22-10-5-13-26(22)21-9-4-3-8-19(21)25-23(28)17-14-20(15-11-12-15)24-18-7-2-1-6-16(17)18/h1-4,6-9,14-15H,5,10-13H2,(H,25,28). The van der Waals surface area contributed by atoms with Gasteiger partial charge >= 0.3 is 0 Å². The van der Waals surface area contributed by atoms with E-state index in [4.69, 9.17) is 4.98 Å². The maximum absolute atomic E-state index is 13.2. The van der Waals surface area contributed by atoms with E-state index < -0.39 is 0 Å². The van der Waals surface area contributed by atoms with Crippen molar-refractivity contribution < 1.29 is 9.59 Å². The molecule has 2 fully saturated rings. The molecule has 0 bridgehead atoms. The van der Waals surface area contributed by atoms with Crippen LogP contribution < -0.4 is 10.2 Å². The number of hydrogen-bond acceptors (Lipinski definition) is 3. The number of carbonyl (C=O) groups excluding carboxylic acids is 2. The summed E-state index contributed by atoms with van der Waals surface area (Å²) < 4.78 is 0. The van der Waals surface area contributed by atoms with Gasteiger partial charge in [0.15, 0.2) is 0 Å². The molecule has 2 amide bonds. The first-order chi connectivity index (χ1) is 13.7. The summed E-state index contributed by atoms with van der Waals surface area (Å²) in [7, 11) is 0. The number of rotatable bonds is 4. The lowest BCUT2D eigenvalue weighted by Gasteiger charge is -2.20. The van der Waals surface area contributed by atoms with Crippen LogP contribution in [0.5, 0.6) is 0 Å². The van der Waals surface area contributed by atoms with E-state index in [1.807, 2.05) is 54.6 Å². The Kier molecular flexibility index (Phi) is 4.08. The van der Waals surface area contributed by atoms with Gasteiger partial charge in [-0.3, -0.25) is 14.6 Å². The Balaban J connectivity index is 1.52. The lowest BCUT2D eigenvalue weighted by molar-refractivity contribution is -0.117. The van der Waals surface area contributed by atoms with Gasteiger partial charge in [-0.25, -0.2) is 0 Å². The van der Waals surface area contributed by atoms with Gasteiger partial charge in [0.1, 0.15) is 0 Å². The van der Waals surface area contributed by atoms with Crippen molar-refractivity contribution in [1.82, 2.24) is 4.98 Å². The number of benzene rings is 2. The predicted octanol–water partition coefficient (Wildman–Crippen LogP) is 4.49. The molecular weight excluding hydrogens is 350 g/mol. The zero-order valence-electron chi connectivity index (χ0n) is 15.5. The third kappa shape index (κ3) is 3.03. The molecule has 1 aromatic heterocycles. The van der Waals surface area contributed by atoms with Gasteiger partial charge in [-0.05, 0) is 43.5 Å². The van der Waals surface area contributed by atoms with Crippen LogP contribution in [-0.2, 0) is 4.79 Å². The molecule has 1 N–H and O–H groups in total. The fourth-order valence-corrected chi connectivity index (χ4v) is 3.88. The highest BCUT2D eigenvalue weighted by Gasteiger charge is 2.28. The number of fused-ring (bicyclic) bond motifs is 1. The van der Waals surface area contributed by atoms with Crippen LogP contribution in [0.3, 0.4) is 0 Å². The lowest BCUT2D eigenvalue weighted by atomic mass is 10.0. The number of para-hydroxylation sites is 3. The van der Waals surface area contributed by atoms with Gasteiger partial charge in [-0.15, -0.1) is 0 Å². The molecule has 2 aromatic carbocycles. The fourth-order valence-electron chi connectivity index (χ4n) is 3.88. The summed E-state index contributed by atoms with van der Waals surface area (Å²) in [5.74, 6) is 0.400. The van der Waals surface area contributed by atoms with Crippen LogP contribution in [0.1, 0.15) is 47.7 Å². The molecule has 28 heavy (non-hydrogen) atoms. The maximum Gasteiger partial charge on any atom is 0.256 e. The minimum atomic E-state index is -0.167. The maximum atomic E-state index is 13.2. The van der Waals surface area contributed by atoms with E-state index in [0.717, 1.165) is 41.5 Å². The smallest absolute Gasteiger partial charge is 0.256 e. The third-order valence-corrected chi connectivity index (χ3v) is 5.49. The average Bonchev–Trinajstić information content (AvgIpc) is 3.49. The number of nitrogens with zero attached hydrogens (tertiary/aromatic N) is 2. The van der Waals surface area contributed by atoms with Crippen LogP contribution in [0, 0.1) is 0 Å². The summed E-state index contributed by atoms with van der Waals surface area (Å²) in [6.07, 6.45) is 3.67. The van der Waals surface area contributed by atoms with E-state index in [2.05, 4.69) is 5.32 Å². The second-order valence-electron chi connectivity index (χ2n) is 7.51. The Hall–Kier alpha value is -3.21. The monoisotopic (exact) mass is 371 g/mol. The van der Waals surface area contributed by atoms with Crippen LogP contribution in [0.25, 0.3) is 10.9 Å². The minimum Gasteiger partial charge on any atom is -0.320 e. The number of carbonyl (C=O) groups is 2. The first-order valence-electron chi connectivity index (χ1n) is 9.81. The largest absolute Gasteiger partial charge is 0.320 e. The molecule has 1 saturated heterocycles. The topological polar surface area (TPSA) is 62.3 Å². The number of anilines is 2. The highest BCUT2D eigenvalue weighted by molar-refractivity contribution is 6.14. The van der Waals surface area contributed by atoms with E-state index in [1.54, 1.807) is 4.90 Å². The molecule has 5 heteroatoms. The summed E-state index contributed by atoms with van der Waals surface area (Å²) in [5.41, 5.74) is 3.90. The molecule has 0 spiro atoms. The summed E-state index contributed by atoms with van der Waals surface area (Å²) in [4.78, 5) is 31.9. The molecule has 5 rings (SSSR count). The van der Waals surface area contributed by atoms with Crippen molar-refractivity contribution >= 4 is 34.1 Å². The predicted molar refractivity (Wildman–Crippen MR) is 110 cm³/mol. The van der Waals surface area contributed by atoms with Gasteiger partial charge < -0.3 is 10.2 Å². The van der Waals surface area contributed by atoms with Gasteiger partial charge in [0.05, 0.1) is 22.5 Å². The van der Waals surface area contributed by atoms with Crippen molar-refractivity contribution in [2.75, 3.05) is 16.8 Å². The molecule has 0 unspecified atom stereocenters. The van der Waals surface area contributed by atoms with E-state index in [1.165, 1.54) is 0 Å². The van der Waals surface area contributed by atoms with Crippen molar-refractivity contribution in [2.24, 2.45) is 0 Å². The Bertz CT molecular complexity index is 1090. The number of aromatic nitrogens is 1. The Morgan fingerprint density at radius 3 is 2.64 bits per heavy atom. The van der Waals surface area contributed by atoms with Gasteiger partial charge in [-0.1, -0.05) is 30.3 Å². The summed E-state index contributed by atoms with van der Waals surface area (Å²) in [6, 6.07) is 17.2. The van der Waals surface area contributed by atoms with Crippen molar-refractivity contribution in [2.45, 2.75) is 31.6 Å². The van der Waals surface area contributed by atoms with Gasteiger partial charge in [0.25, 0.3) is 5.91 Å². The number of nitrogens with one attached hydrogen (secondary N) is 1. The van der Waals surface area contributed by atoms with E-state index >= 15 is 0 Å². The van der Waals surface area contributed by atoms with Gasteiger partial charge in [-0.2, -0.15) is 0 Å². The SMILES string of the molecule is O=C(Nc1ccccc1N1CCCC1=O)c1cc(C2CC2)nc2ccccc12. The Morgan fingerprint density at radius 2 is 1.86 bits per heavy atom. The highest BCUT2D eigenvalue weighted by Crippen LogP contribution is 2.40. The minimum absolute atomic E-state index is 0.104. The van der Waals surface area contributed by atoms with Crippen LogP contribution in [0.15, 0.2) is 54.6 Å². The lowest BCUT2D eigenvalue weighted by Crippen LogP contribution is -2.25. The summed E-state index contributed by atoms with van der Waals surface area (Å²) in [5, 5.41) is 3.89. The van der Waals surface area contributed by atoms with Crippen LogP contribution in [-0.4, -0.2) is 23.3 Å². The molecule has 1 aliphatic heterocycles. The summed E-state index contributed by atoms with van der Waals surface area (Å²) in [6.45, 7) is 0.690. The zero-order valence-corrected chi connectivity index (χ0v) is 15.5. The number of hydrogen-bond donors (Lipinski definition) is 1. The zero-order chi connectivity index (χ0) is 19.1. The normalized spacial score (nSPS) is 16.6. The molecular formula is C23H21N3O2. The third-order valence-electron chi connectivity index (χ3n) is 5.49. The van der Waals surface area contributed by atoms with E-state index in [-0.39, 0.29) is 11.8 Å².